The van der Waals surface area contributed by atoms with Crippen LogP contribution in [0.1, 0.15) is 41.5 Å². The molecule has 0 spiro atoms. The average molecular weight is 319 g/mol. The number of rotatable bonds is 5. The lowest BCUT2D eigenvalue weighted by Gasteiger charge is -2.36. The summed E-state index contributed by atoms with van der Waals surface area (Å²) in [5, 5.41) is 0.0427. The van der Waals surface area contributed by atoms with Gasteiger partial charge in [0.25, 0.3) is 8.32 Å². The first-order chi connectivity index (χ1) is 8.56. The van der Waals surface area contributed by atoms with E-state index in [2.05, 4.69) is 67.7 Å². The lowest BCUT2D eigenvalue weighted by Crippen LogP contribution is -2.44. The molecule has 0 radical (unpaired) electrons. The molecule has 0 aromatic carbocycles. The largest absolute Gasteiger partial charge is 0.517 e. The fourth-order valence-corrected chi connectivity index (χ4v) is 6.15. The van der Waals surface area contributed by atoms with Gasteiger partial charge in [0.2, 0.25) is 0 Å². The Hall–Kier alpha value is -0.136. The molecule has 0 amide bonds. The fourth-order valence-electron chi connectivity index (χ4n) is 2.05. The van der Waals surface area contributed by atoms with E-state index < -0.39 is 16.6 Å². The van der Waals surface area contributed by atoms with Gasteiger partial charge in [0, 0.05) is 0 Å². The molecule has 120 valence electrons. The van der Waals surface area contributed by atoms with E-state index in [-0.39, 0.29) is 23.0 Å². The summed E-state index contributed by atoms with van der Waals surface area (Å²) >= 11 is 0. The van der Waals surface area contributed by atoms with Crippen LogP contribution in [0.4, 0.5) is 0 Å². The van der Waals surface area contributed by atoms with Gasteiger partial charge < -0.3 is 8.85 Å². The Labute approximate surface area is 127 Å². The van der Waals surface area contributed by atoms with Crippen molar-refractivity contribution >= 4 is 22.6 Å². The van der Waals surface area contributed by atoms with Crippen molar-refractivity contribution in [3.63, 3.8) is 0 Å². The normalized spacial score (nSPS) is 14.3. The molecule has 0 aromatic rings. The predicted octanol–water partition coefficient (Wildman–Crippen LogP) is 4.80. The van der Waals surface area contributed by atoms with Gasteiger partial charge in [0.05, 0.1) is 0 Å². The third kappa shape index (κ3) is 7.59. The van der Waals surface area contributed by atoms with Gasteiger partial charge in [0.1, 0.15) is 6.61 Å². The minimum absolute atomic E-state index is 0.0427. The lowest BCUT2D eigenvalue weighted by atomic mass is 10.0. The van der Waals surface area contributed by atoms with Gasteiger partial charge in [-0.3, -0.25) is 4.79 Å². The molecule has 0 saturated heterocycles. The van der Waals surface area contributed by atoms with Crippen molar-refractivity contribution < 1.29 is 13.6 Å². The second-order valence-corrected chi connectivity index (χ2v) is 17.9. The summed E-state index contributed by atoms with van der Waals surface area (Å²) in [4.78, 5) is 12.0. The van der Waals surface area contributed by atoms with Crippen LogP contribution in [0.3, 0.4) is 0 Å². The molecule has 0 atom stereocenters. The van der Waals surface area contributed by atoms with Crippen molar-refractivity contribution in [3.05, 3.63) is 0 Å². The van der Waals surface area contributed by atoms with Crippen LogP contribution in [0.5, 0.6) is 0 Å². The van der Waals surface area contributed by atoms with Crippen molar-refractivity contribution in [1.29, 1.82) is 0 Å². The molecule has 0 saturated carbocycles. The summed E-state index contributed by atoms with van der Waals surface area (Å²) in [5.74, 6) is -0.203. The Morgan fingerprint density at radius 3 is 1.75 bits per heavy atom. The van der Waals surface area contributed by atoms with Gasteiger partial charge in [0.15, 0.2) is 8.32 Å². The smallest absolute Gasteiger partial charge is 0.317 e. The molecule has 0 aromatic heterocycles. The van der Waals surface area contributed by atoms with E-state index in [4.69, 9.17) is 8.85 Å². The van der Waals surface area contributed by atoms with Crippen molar-refractivity contribution in [2.45, 2.75) is 78.8 Å². The summed E-state index contributed by atoms with van der Waals surface area (Å²) in [7, 11) is -3.83. The molecule has 0 bridgehead atoms. The highest BCUT2D eigenvalue weighted by molar-refractivity contribution is 6.75. The number of hydrogen-bond donors (Lipinski definition) is 0. The molecular weight excluding hydrogens is 284 g/mol. The second kappa shape index (κ2) is 6.32. The Balaban J connectivity index is 4.44. The quantitative estimate of drug-likeness (QED) is 0.683. The highest BCUT2D eigenvalue weighted by atomic mass is 28.4. The Bertz CT molecular complexity index is 336. The van der Waals surface area contributed by atoms with Crippen LogP contribution in [0.25, 0.3) is 0 Å². The number of carbonyl (C=O) groups excluding carboxylic acids is 1. The van der Waals surface area contributed by atoms with E-state index in [0.29, 0.717) is 0 Å². The predicted molar refractivity (Wildman–Crippen MR) is 91.0 cm³/mol. The maximum atomic E-state index is 12.0. The molecule has 0 N–H and O–H groups in total. The molecule has 0 heterocycles. The Morgan fingerprint density at radius 2 is 1.40 bits per heavy atom. The topological polar surface area (TPSA) is 35.5 Å². The SMILES string of the molecule is CC(C)(C)C[Si](C)(C)OCC(=O)O[Si](C)(C)C(C)(C)C. The first-order valence-electron chi connectivity index (χ1n) is 7.42. The lowest BCUT2D eigenvalue weighted by molar-refractivity contribution is -0.138. The fraction of sp³-hybridized carbons (Fsp3) is 0.933. The number of hydrogen-bond acceptors (Lipinski definition) is 3. The van der Waals surface area contributed by atoms with Crippen LogP contribution >= 0.6 is 0 Å². The monoisotopic (exact) mass is 318 g/mol. The van der Waals surface area contributed by atoms with E-state index in [1.54, 1.807) is 0 Å². The van der Waals surface area contributed by atoms with E-state index in [0.717, 1.165) is 6.04 Å². The zero-order valence-electron chi connectivity index (χ0n) is 15.1. The first kappa shape index (κ1) is 19.9. The van der Waals surface area contributed by atoms with Gasteiger partial charge in [-0.15, -0.1) is 0 Å². The third-order valence-electron chi connectivity index (χ3n) is 3.71. The molecule has 0 aliphatic heterocycles. The van der Waals surface area contributed by atoms with Crippen LogP contribution in [0.15, 0.2) is 0 Å². The van der Waals surface area contributed by atoms with E-state index in [9.17, 15) is 4.79 Å². The molecule has 0 aliphatic carbocycles. The van der Waals surface area contributed by atoms with Gasteiger partial charge in [-0.05, 0) is 42.7 Å². The van der Waals surface area contributed by atoms with Gasteiger partial charge in [-0.2, -0.15) is 0 Å². The van der Waals surface area contributed by atoms with Crippen LogP contribution in [0, 0.1) is 5.41 Å². The molecule has 5 heteroatoms. The standard InChI is InChI=1S/C15H34O3Si2/c1-14(2,3)12-19(7,8)17-11-13(16)18-20(9,10)15(4,5)6/h11-12H2,1-10H3. The van der Waals surface area contributed by atoms with E-state index >= 15 is 0 Å². The molecule has 0 fully saturated rings. The summed E-state index contributed by atoms with van der Waals surface area (Å²) in [5.41, 5.74) is 0.235. The summed E-state index contributed by atoms with van der Waals surface area (Å²) in [6, 6.07) is 1.04. The third-order valence-corrected chi connectivity index (χ3v) is 10.9. The van der Waals surface area contributed by atoms with Crippen LogP contribution in [0.2, 0.25) is 37.3 Å². The maximum absolute atomic E-state index is 12.0. The van der Waals surface area contributed by atoms with Gasteiger partial charge >= 0.3 is 5.97 Å². The zero-order chi connectivity index (χ0) is 16.4. The van der Waals surface area contributed by atoms with Crippen molar-refractivity contribution in [1.82, 2.24) is 0 Å². The molecule has 0 rings (SSSR count). The maximum Gasteiger partial charge on any atom is 0.317 e. The van der Waals surface area contributed by atoms with Crippen LogP contribution in [-0.4, -0.2) is 29.2 Å². The van der Waals surface area contributed by atoms with Gasteiger partial charge in [-0.1, -0.05) is 41.5 Å². The first-order valence-corrected chi connectivity index (χ1v) is 13.4. The van der Waals surface area contributed by atoms with Crippen LogP contribution < -0.4 is 0 Å². The summed E-state index contributed by atoms with van der Waals surface area (Å²) < 4.78 is 11.6. The van der Waals surface area contributed by atoms with Crippen molar-refractivity contribution in [2.24, 2.45) is 5.41 Å². The highest BCUT2D eigenvalue weighted by Crippen LogP contribution is 2.36. The molecule has 20 heavy (non-hydrogen) atoms. The minimum Gasteiger partial charge on any atom is -0.517 e. The van der Waals surface area contributed by atoms with Crippen molar-refractivity contribution in [3.8, 4) is 0 Å². The van der Waals surface area contributed by atoms with Crippen molar-refractivity contribution in [2.75, 3.05) is 6.61 Å². The number of carbonyl (C=O) groups is 1. The second-order valence-electron chi connectivity index (χ2n) is 9.02. The Morgan fingerprint density at radius 1 is 0.950 bits per heavy atom. The van der Waals surface area contributed by atoms with Gasteiger partial charge in [-0.25, -0.2) is 0 Å². The van der Waals surface area contributed by atoms with Crippen LogP contribution in [-0.2, 0) is 13.6 Å². The molecular formula is C15H34O3Si2. The Kier molecular flexibility index (Phi) is 6.28. The minimum atomic E-state index is -2.03. The highest BCUT2D eigenvalue weighted by Gasteiger charge is 2.40. The molecule has 0 unspecified atom stereocenters. The molecule has 3 nitrogen and oxygen atoms in total. The molecule has 0 aliphatic rings. The zero-order valence-corrected chi connectivity index (χ0v) is 17.1. The average Bonchev–Trinajstić information content (AvgIpc) is 2.08. The summed E-state index contributed by atoms with van der Waals surface area (Å²) in [6.07, 6.45) is 0. The summed E-state index contributed by atoms with van der Waals surface area (Å²) in [6.45, 7) is 21.6. The van der Waals surface area contributed by atoms with E-state index in [1.165, 1.54) is 0 Å². The van der Waals surface area contributed by atoms with E-state index in [1.807, 2.05) is 0 Å².